The molecule has 0 fully saturated rings. The van der Waals surface area contributed by atoms with Crippen molar-refractivity contribution in [1.29, 1.82) is 0 Å². The summed E-state index contributed by atoms with van der Waals surface area (Å²) in [5, 5.41) is 0. The third kappa shape index (κ3) is 2.13. The van der Waals surface area contributed by atoms with E-state index in [0.29, 0.717) is 5.76 Å². The first-order valence-electron chi connectivity index (χ1n) is 5.15. The summed E-state index contributed by atoms with van der Waals surface area (Å²) in [5.41, 5.74) is 0.167. The van der Waals surface area contributed by atoms with Crippen LogP contribution in [0.3, 0.4) is 0 Å². The zero-order valence-electron chi connectivity index (χ0n) is 9.78. The number of cyclic esters (lactones) is 1. The lowest BCUT2D eigenvalue weighted by atomic mass is 10.1. The van der Waals surface area contributed by atoms with Crippen molar-refractivity contribution in [3.63, 3.8) is 0 Å². The van der Waals surface area contributed by atoms with Gasteiger partial charge in [-0.2, -0.15) is 4.39 Å². The van der Waals surface area contributed by atoms with Crippen molar-refractivity contribution >= 4 is 11.5 Å². The Labute approximate surface area is 98.1 Å². The molecule has 90 valence electrons. The molecule has 0 unspecified atom stereocenters. The van der Waals surface area contributed by atoms with Crippen LogP contribution in [0, 0.1) is 5.95 Å². The van der Waals surface area contributed by atoms with E-state index in [0.717, 1.165) is 0 Å². The monoisotopic (exact) mass is 237 g/mol. The molecule has 0 saturated heterocycles. The van der Waals surface area contributed by atoms with Gasteiger partial charge in [0, 0.05) is 25.6 Å². The topological polar surface area (TPSA) is 48.4 Å². The van der Waals surface area contributed by atoms with Crippen LogP contribution in [0.1, 0.15) is 26.3 Å². The first-order valence-corrected chi connectivity index (χ1v) is 5.15. The summed E-state index contributed by atoms with van der Waals surface area (Å²) in [6, 6.07) is 3.01. The second-order valence-corrected chi connectivity index (χ2v) is 4.16. The number of allylic oxidation sites excluding steroid dienone is 1. The van der Waals surface area contributed by atoms with Gasteiger partial charge in [-0.1, -0.05) is 0 Å². The van der Waals surface area contributed by atoms with E-state index < -0.39 is 17.7 Å². The van der Waals surface area contributed by atoms with Crippen molar-refractivity contribution < 1.29 is 18.7 Å². The van der Waals surface area contributed by atoms with Crippen LogP contribution >= 0.6 is 0 Å². The Morgan fingerprint density at radius 3 is 2.65 bits per heavy atom. The first kappa shape index (κ1) is 11.6. The summed E-state index contributed by atoms with van der Waals surface area (Å²) in [7, 11) is 0. The highest BCUT2D eigenvalue weighted by atomic mass is 19.1. The lowest BCUT2D eigenvalue weighted by molar-refractivity contribution is -0.202. The highest BCUT2D eigenvalue weighted by Gasteiger charge is 2.35. The summed E-state index contributed by atoms with van der Waals surface area (Å²) in [6.45, 7) is 4.83. The number of ether oxygens (including phenoxy) is 2. The smallest absolute Gasteiger partial charge is 0.345 e. The maximum atomic E-state index is 13.5. The maximum absolute atomic E-state index is 13.5. The molecule has 5 heteroatoms. The normalized spacial score (nSPS) is 18.7. The highest BCUT2D eigenvalue weighted by Crippen LogP contribution is 2.32. The Bertz CT molecular complexity index is 508. The molecular weight excluding hydrogens is 225 g/mol. The van der Waals surface area contributed by atoms with Crippen LogP contribution < -0.4 is 0 Å². The van der Waals surface area contributed by atoms with Gasteiger partial charge in [0.25, 0.3) is 0 Å². The number of aromatic nitrogens is 1. The number of halogens is 1. The van der Waals surface area contributed by atoms with E-state index in [4.69, 9.17) is 9.47 Å². The molecule has 0 amide bonds. The molecular formula is C12H12FNO3. The van der Waals surface area contributed by atoms with Crippen LogP contribution in [-0.2, 0) is 14.3 Å². The van der Waals surface area contributed by atoms with Gasteiger partial charge < -0.3 is 9.47 Å². The number of esters is 1. The number of nitrogens with zero attached hydrogens (tertiary/aromatic N) is 1. The third-order valence-corrected chi connectivity index (χ3v) is 2.32. The average molecular weight is 237 g/mol. The number of carbonyl (C=O) groups is 1. The van der Waals surface area contributed by atoms with E-state index in [1.807, 2.05) is 0 Å². The minimum absolute atomic E-state index is 0.0786. The number of rotatable bonds is 1. The van der Waals surface area contributed by atoms with Crippen molar-refractivity contribution in [2.24, 2.45) is 0 Å². The molecule has 2 rings (SSSR count). The van der Waals surface area contributed by atoms with Gasteiger partial charge in [-0.25, -0.2) is 9.78 Å². The molecule has 0 aliphatic carbocycles. The Morgan fingerprint density at radius 1 is 1.35 bits per heavy atom. The van der Waals surface area contributed by atoms with E-state index in [1.54, 1.807) is 26.8 Å². The minimum Gasteiger partial charge on any atom is -0.457 e. The van der Waals surface area contributed by atoms with Crippen molar-refractivity contribution in [2.75, 3.05) is 0 Å². The molecule has 0 spiro atoms. The predicted molar refractivity (Wildman–Crippen MR) is 58.0 cm³/mol. The van der Waals surface area contributed by atoms with Gasteiger partial charge in [0.2, 0.25) is 11.7 Å². The van der Waals surface area contributed by atoms with Crippen molar-refractivity contribution in [2.45, 2.75) is 26.6 Å². The summed E-state index contributed by atoms with van der Waals surface area (Å²) < 4.78 is 24.0. The zero-order chi connectivity index (χ0) is 12.6. The summed E-state index contributed by atoms with van der Waals surface area (Å²) >= 11 is 0. The summed E-state index contributed by atoms with van der Waals surface area (Å²) in [5.74, 6) is -2.02. The lowest BCUT2D eigenvalue weighted by Gasteiger charge is -2.32. The summed E-state index contributed by atoms with van der Waals surface area (Å²) in [4.78, 5) is 15.3. The SMILES string of the molecule is CC1=C(c2cccnc2F)C(=O)OC(C)(C)O1. The van der Waals surface area contributed by atoms with Gasteiger partial charge in [-0.05, 0) is 19.1 Å². The summed E-state index contributed by atoms with van der Waals surface area (Å²) in [6.07, 6.45) is 1.31. The number of hydrogen-bond donors (Lipinski definition) is 0. The van der Waals surface area contributed by atoms with Gasteiger partial charge in [0.05, 0.1) is 0 Å². The van der Waals surface area contributed by atoms with Crippen LogP contribution in [0.25, 0.3) is 5.57 Å². The van der Waals surface area contributed by atoms with Crippen LogP contribution in [0.15, 0.2) is 24.1 Å². The van der Waals surface area contributed by atoms with Crippen molar-refractivity contribution in [3.8, 4) is 0 Å². The average Bonchev–Trinajstić information content (AvgIpc) is 2.17. The highest BCUT2D eigenvalue weighted by molar-refractivity contribution is 6.17. The van der Waals surface area contributed by atoms with Gasteiger partial charge in [0.15, 0.2) is 0 Å². The molecule has 17 heavy (non-hydrogen) atoms. The molecule has 1 aromatic rings. The molecule has 1 aromatic heterocycles. The fourth-order valence-corrected chi connectivity index (χ4v) is 1.73. The number of pyridine rings is 1. The number of carbonyl (C=O) groups excluding carboxylic acids is 1. The fraction of sp³-hybridized carbons (Fsp3) is 0.333. The van der Waals surface area contributed by atoms with Gasteiger partial charge in [-0.3, -0.25) is 0 Å². The molecule has 0 N–H and O–H groups in total. The van der Waals surface area contributed by atoms with Crippen molar-refractivity contribution in [1.82, 2.24) is 4.98 Å². The van der Waals surface area contributed by atoms with E-state index in [2.05, 4.69) is 4.98 Å². The van der Waals surface area contributed by atoms with Gasteiger partial charge >= 0.3 is 5.97 Å². The van der Waals surface area contributed by atoms with Crippen LogP contribution in [0.4, 0.5) is 4.39 Å². The predicted octanol–water partition coefficient (Wildman–Crippen LogP) is 2.26. The third-order valence-electron chi connectivity index (χ3n) is 2.32. The standard InChI is InChI=1S/C12H12FNO3/c1-7-9(8-5-4-6-14-10(8)13)11(15)17-12(2,3)16-7/h4-6H,1-3H3. The lowest BCUT2D eigenvalue weighted by Crippen LogP contribution is -2.36. The van der Waals surface area contributed by atoms with E-state index in [9.17, 15) is 9.18 Å². The molecule has 0 aromatic carbocycles. The Kier molecular flexibility index (Phi) is 2.61. The molecule has 0 bridgehead atoms. The van der Waals surface area contributed by atoms with Crippen LogP contribution in [-0.4, -0.2) is 16.7 Å². The van der Waals surface area contributed by atoms with E-state index >= 15 is 0 Å². The Hall–Kier alpha value is -1.91. The quantitative estimate of drug-likeness (QED) is 0.555. The second-order valence-electron chi connectivity index (χ2n) is 4.16. The largest absolute Gasteiger partial charge is 0.457 e. The molecule has 4 nitrogen and oxygen atoms in total. The van der Waals surface area contributed by atoms with Crippen LogP contribution in [0.5, 0.6) is 0 Å². The van der Waals surface area contributed by atoms with E-state index in [1.165, 1.54) is 12.3 Å². The molecule has 0 atom stereocenters. The second kappa shape index (κ2) is 3.84. The van der Waals surface area contributed by atoms with E-state index in [-0.39, 0.29) is 11.1 Å². The first-order chi connectivity index (χ1) is 7.91. The zero-order valence-corrected chi connectivity index (χ0v) is 9.78. The van der Waals surface area contributed by atoms with Gasteiger partial charge in [0.1, 0.15) is 11.3 Å². The van der Waals surface area contributed by atoms with Gasteiger partial charge in [-0.15, -0.1) is 0 Å². The minimum atomic E-state index is -1.02. The molecule has 2 heterocycles. The fourth-order valence-electron chi connectivity index (χ4n) is 1.73. The Balaban J connectivity index is 2.52. The van der Waals surface area contributed by atoms with Crippen molar-refractivity contribution in [3.05, 3.63) is 35.6 Å². The molecule has 0 saturated carbocycles. The molecule has 0 radical (unpaired) electrons. The molecule has 1 aliphatic heterocycles. The molecule has 1 aliphatic rings. The van der Waals surface area contributed by atoms with Crippen LogP contribution in [0.2, 0.25) is 0 Å². The Morgan fingerprint density at radius 2 is 2.06 bits per heavy atom. The number of hydrogen-bond acceptors (Lipinski definition) is 4. The maximum Gasteiger partial charge on any atom is 0.345 e.